The Morgan fingerprint density at radius 3 is 2.58 bits per heavy atom. The number of nitrogens with zero attached hydrogens (tertiary/aromatic N) is 5. The van der Waals surface area contributed by atoms with Crippen molar-refractivity contribution >= 4 is 29.9 Å². The molecule has 2 rings (SSSR count). The summed E-state index contributed by atoms with van der Waals surface area (Å²) >= 11 is 0. The number of hydrogen-bond donors (Lipinski definition) is 1. The average Bonchev–Trinajstić information content (AvgIpc) is 2.97. The van der Waals surface area contributed by atoms with Crippen molar-refractivity contribution in [2.45, 2.75) is 20.0 Å². The molecule has 0 aliphatic rings. The van der Waals surface area contributed by atoms with E-state index in [0.29, 0.717) is 6.54 Å². The van der Waals surface area contributed by atoms with Crippen molar-refractivity contribution in [1.29, 1.82) is 0 Å². The predicted molar refractivity (Wildman–Crippen MR) is 106 cm³/mol. The molecular weight excluding hydrogens is 419 g/mol. The number of guanidine groups is 1. The van der Waals surface area contributed by atoms with Gasteiger partial charge in [0, 0.05) is 27.2 Å². The zero-order valence-electron chi connectivity index (χ0n) is 14.6. The second-order valence-corrected chi connectivity index (χ2v) is 5.17. The van der Waals surface area contributed by atoms with Crippen LogP contribution in [0.5, 0.6) is 5.75 Å². The summed E-state index contributed by atoms with van der Waals surface area (Å²) in [5, 5.41) is 7.36. The number of rotatable bonds is 6. The maximum atomic E-state index is 5.19. The van der Waals surface area contributed by atoms with Crippen LogP contribution in [0.1, 0.15) is 18.3 Å². The first-order valence-electron chi connectivity index (χ1n) is 7.59. The molecule has 0 spiro atoms. The van der Waals surface area contributed by atoms with Crippen LogP contribution in [0.3, 0.4) is 0 Å². The van der Waals surface area contributed by atoms with Gasteiger partial charge < -0.3 is 15.0 Å². The van der Waals surface area contributed by atoms with E-state index in [1.165, 1.54) is 5.56 Å². The standard InChI is InChI=1S/C16H24N6O.HI/c1-5-17-16(18-10-15-19-12-20-22(15)3)21(2)11-13-6-8-14(23-4)9-7-13;/h6-9,12H,5,10-11H2,1-4H3,(H,17,18);1H. The summed E-state index contributed by atoms with van der Waals surface area (Å²) in [6.45, 7) is 4.12. The third kappa shape index (κ3) is 5.66. The van der Waals surface area contributed by atoms with Crippen molar-refractivity contribution in [3.63, 3.8) is 0 Å². The Kier molecular flexibility index (Phi) is 8.51. The SMILES string of the molecule is CCNC(=NCc1ncnn1C)N(C)Cc1ccc(OC)cc1.I. The molecule has 0 atom stereocenters. The Morgan fingerprint density at radius 2 is 2.04 bits per heavy atom. The highest BCUT2D eigenvalue weighted by molar-refractivity contribution is 14.0. The Balaban J connectivity index is 0.00000288. The molecule has 2 aromatic rings. The van der Waals surface area contributed by atoms with Crippen LogP contribution in [0.25, 0.3) is 0 Å². The van der Waals surface area contributed by atoms with Crippen molar-refractivity contribution in [3.8, 4) is 5.75 Å². The summed E-state index contributed by atoms with van der Waals surface area (Å²) in [5.41, 5.74) is 1.19. The van der Waals surface area contributed by atoms with Crippen molar-refractivity contribution in [3.05, 3.63) is 42.0 Å². The lowest BCUT2D eigenvalue weighted by Gasteiger charge is -2.22. The number of benzene rings is 1. The monoisotopic (exact) mass is 444 g/mol. The largest absolute Gasteiger partial charge is 0.497 e. The van der Waals surface area contributed by atoms with Crippen LogP contribution in [-0.2, 0) is 20.1 Å². The number of hydrogen-bond acceptors (Lipinski definition) is 4. The second kappa shape index (κ2) is 10.1. The topological polar surface area (TPSA) is 67.6 Å². The molecule has 0 bridgehead atoms. The van der Waals surface area contributed by atoms with Crippen molar-refractivity contribution < 1.29 is 4.74 Å². The lowest BCUT2D eigenvalue weighted by molar-refractivity contribution is 0.414. The predicted octanol–water partition coefficient (Wildman–Crippen LogP) is 2.04. The van der Waals surface area contributed by atoms with Gasteiger partial charge in [-0.15, -0.1) is 24.0 Å². The van der Waals surface area contributed by atoms with Crippen molar-refractivity contribution in [1.82, 2.24) is 25.0 Å². The quantitative estimate of drug-likeness (QED) is 0.420. The minimum atomic E-state index is 0. The molecule has 24 heavy (non-hydrogen) atoms. The Labute approximate surface area is 160 Å². The van der Waals surface area contributed by atoms with E-state index in [2.05, 4.69) is 44.3 Å². The maximum absolute atomic E-state index is 5.19. The first-order chi connectivity index (χ1) is 11.1. The van der Waals surface area contributed by atoms with E-state index in [-0.39, 0.29) is 24.0 Å². The van der Waals surface area contributed by atoms with Crippen LogP contribution < -0.4 is 10.1 Å². The molecule has 0 aliphatic heterocycles. The number of nitrogens with one attached hydrogen (secondary N) is 1. The molecule has 0 saturated heterocycles. The van der Waals surface area contributed by atoms with E-state index >= 15 is 0 Å². The summed E-state index contributed by atoms with van der Waals surface area (Å²) in [5.74, 6) is 2.53. The maximum Gasteiger partial charge on any atom is 0.194 e. The van der Waals surface area contributed by atoms with E-state index in [1.807, 2.05) is 26.2 Å². The molecule has 132 valence electrons. The molecule has 1 aromatic heterocycles. The summed E-state index contributed by atoms with van der Waals surface area (Å²) < 4.78 is 6.92. The van der Waals surface area contributed by atoms with Gasteiger partial charge in [0.1, 0.15) is 24.4 Å². The molecule has 1 heterocycles. The zero-order valence-corrected chi connectivity index (χ0v) is 16.9. The molecule has 8 heteroatoms. The van der Waals surface area contributed by atoms with Crippen molar-refractivity contribution in [2.75, 3.05) is 20.7 Å². The molecule has 1 aromatic carbocycles. The smallest absolute Gasteiger partial charge is 0.194 e. The number of aryl methyl sites for hydroxylation is 1. The average molecular weight is 444 g/mol. The molecule has 1 N–H and O–H groups in total. The molecule has 7 nitrogen and oxygen atoms in total. The van der Waals surface area contributed by atoms with E-state index in [9.17, 15) is 0 Å². The van der Waals surface area contributed by atoms with Crippen molar-refractivity contribution in [2.24, 2.45) is 12.0 Å². The van der Waals surface area contributed by atoms with Gasteiger partial charge in [-0.3, -0.25) is 4.68 Å². The van der Waals surface area contributed by atoms with Gasteiger partial charge in [-0.2, -0.15) is 5.10 Å². The Bertz CT molecular complexity index is 640. The van der Waals surface area contributed by atoms with Crippen LogP contribution in [0.4, 0.5) is 0 Å². The van der Waals surface area contributed by atoms with Crippen LogP contribution in [0.2, 0.25) is 0 Å². The van der Waals surface area contributed by atoms with E-state index in [0.717, 1.165) is 30.6 Å². The van der Waals surface area contributed by atoms with Crippen LogP contribution >= 0.6 is 24.0 Å². The number of methoxy groups -OCH3 is 1. The normalized spacial score (nSPS) is 10.9. The third-order valence-electron chi connectivity index (χ3n) is 3.45. The highest BCUT2D eigenvalue weighted by Crippen LogP contribution is 2.12. The highest BCUT2D eigenvalue weighted by Gasteiger charge is 2.08. The minimum Gasteiger partial charge on any atom is -0.497 e. The fourth-order valence-electron chi connectivity index (χ4n) is 2.16. The zero-order chi connectivity index (χ0) is 16.7. The van der Waals surface area contributed by atoms with Gasteiger partial charge in [0.15, 0.2) is 5.96 Å². The van der Waals surface area contributed by atoms with Gasteiger partial charge in [-0.1, -0.05) is 12.1 Å². The summed E-state index contributed by atoms with van der Waals surface area (Å²) in [6.07, 6.45) is 1.54. The molecule has 0 unspecified atom stereocenters. The lowest BCUT2D eigenvalue weighted by atomic mass is 10.2. The van der Waals surface area contributed by atoms with Gasteiger partial charge in [0.25, 0.3) is 0 Å². The highest BCUT2D eigenvalue weighted by atomic mass is 127. The first-order valence-corrected chi connectivity index (χ1v) is 7.59. The lowest BCUT2D eigenvalue weighted by Crippen LogP contribution is -2.38. The van der Waals surface area contributed by atoms with Gasteiger partial charge in [-0.05, 0) is 24.6 Å². The summed E-state index contributed by atoms with van der Waals surface area (Å²) in [7, 11) is 5.55. The molecular formula is C16H25IN6O. The van der Waals surface area contributed by atoms with Gasteiger partial charge in [0.05, 0.1) is 7.11 Å². The summed E-state index contributed by atoms with van der Waals surface area (Å²) in [6, 6.07) is 8.04. The molecule has 0 radical (unpaired) electrons. The fraction of sp³-hybridized carbons (Fsp3) is 0.438. The number of aromatic nitrogens is 3. The number of ether oxygens (including phenoxy) is 1. The van der Waals surface area contributed by atoms with E-state index in [1.54, 1.807) is 18.1 Å². The van der Waals surface area contributed by atoms with Crippen LogP contribution in [0.15, 0.2) is 35.6 Å². The molecule has 0 saturated carbocycles. The Morgan fingerprint density at radius 1 is 1.33 bits per heavy atom. The molecule has 0 amide bonds. The summed E-state index contributed by atoms with van der Waals surface area (Å²) in [4.78, 5) is 10.9. The second-order valence-electron chi connectivity index (χ2n) is 5.17. The van der Waals surface area contributed by atoms with E-state index < -0.39 is 0 Å². The van der Waals surface area contributed by atoms with Crippen LogP contribution in [-0.4, -0.2) is 46.3 Å². The fourth-order valence-corrected chi connectivity index (χ4v) is 2.16. The third-order valence-corrected chi connectivity index (χ3v) is 3.45. The molecule has 0 aliphatic carbocycles. The van der Waals surface area contributed by atoms with Gasteiger partial charge in [0.2, 0.25) is 0 Å². The number of aliphatic imine (C=N–C) groups is 1. The first kappa shape index (κ1) is 20.2. The van der Waals surface area contributed by atoms with Crippen LogP contribution in [0, 0.1) is 0 Å². The van der Waals surface area contributed by atoms with E-state index in [4.69, 9.17) is 4.74 Å². The van der Waals surface area contributed by atoms with Gasteiger partial charge in [-0.25, -0.2) is 9.98 Å². The Hall–Kier alpha value is -1.84. The molecule has 0 fully saturated rings. The van der Waals surface area contributed by atoms with Gasteiger partial charge >= 0.3 is 0 Å². The minimum absolute atomic E-state index is 0. The number of halogens is 1.